The fourth-order valence-corrected chi connectivity index (χ4v) is 9.51. The monoisotopic (exact) mass is 856 g/mol. The Morgan fingerprint density at radius 1 is 0.629 bits per heavy atom. The fraction of sp³-hybridized carbons (Fsp3) is 0.340. The summed E-state index contributed by atoms with van der Waals surface area (Å²) in [5, 5.41) is 16.3. The first-order chi connectivity index (χ1) is 30.0. The zero-order valence-electron chi connectivity index (χ0n) is 36.6. The van der Waals surface area contributed by atoms with Crippen LogP contribution in [0, 0.1) is 11.3 Å². The van der Waals surface area contributed by atoms with Gasteiger partial charge in [-0.1, -0.05) is 78.9 Å². The Kier molecular flexibility index (Phi) is 15.9. The number of hydrogen-bond donors (Lipinski definition) is 2. The molecule has 2 unspecified atom stereocenters. The Balaban J connectivity index is 1.16. The highest BCUT2D eigenvalue weighted by atomic mass is 31.2. The maximum atomic E-state index is 14.4. The van der Waals surface area contributed by atoms with E-state index in [1.54, 1.807) is 45.4 Å². The van der Waals surface area contributed by atoms with E-state index in [-0.39, 0.29) is 23.7 Å². The van der Waals surface area contributed by atoms with Crippen LogP contribution in [0.15, 0.2) is 115 Å². The van der Waals surface area contributed by atoms with Crippen molar-refractivity contribution < 1.29 is 32.8 Å². The number of rotatable bonds is 22. The number of fused-ring (bicyclic) bond motifs is 2. The third kappa shape index (κ3) is 10.2. The molecule has 2 atom stereocenters. The molecule has 2 N–H and O–H groups in total. The molecule has 11 nitrogen and oxygen atoms in total. The van der Waals surface area contributed by atoms with Crippen LogP contribution in [0.4, 0.5) is 11.4 Å². The van der Waals surface area contributed by atoms with Crippen LogP contribution in [-0.2, 0) is 19.4 Å². The second kappa shape index (κ2) is 21.5. The Morgan fingerprint density at radius 2 is 1.11 bits per heavy atom. The van der Waals surface area contributed by atoms with E-state index in [0.29, 0.717) is 72.8 Å². The first-order valence-corrected chi connectivity index (χ1v) is 22.3. The molecule has 0 amide bonds. The van der Waals surface area contributed by atoms with E-state index in [2.05, 4.69) is 61.2 Å². The summed E-state index contributed by atoms with van der Waals surface area (Å²) in [6, 6.07) is 39.2. The van der Waals surface area contributed by atoms with Crippen LogP contribution in [0.5, 0.6) is 11.5 Å². The summed E-state index contributed by atoms with van der Waals surface area (Å²) in [4.78, 5) is 28.4. The van der Waals surface area contributed by atoms with Gasteiger partial charge in [0.15, 0.2) is 11.6 Å². The van der Waals surface area contributed by atoms with Crippen molar-refractivity contribution in [2.45, 2.75) is 71.2 Å². The molecule has 0 saturated heterocycles. The molecule has 5 aromatic rings. The number of carbonyl (C=O) groups is 2. The lowest BCUT2D eigenvalue weighted by Crippen LogP contribution is -2.34. The average molecular weight is 857 g/mol. The summed E-state index contributed by atoms with van der Waals surface area (Å²) < 4.78 is 32.4. The van der Waals surface area contributed by atoms with Crippen LogP contribution < -0.4 is 20.1 Å². The lowest BCUT2D eigenvalue weighted by molar-refractivity contribution is 0.0127. The fourth-order valence-electron chi connectivity index (χ4n) is 7.85. The quantitative estimate of drug-likeness (QED) is 0.0384. The second-order valence-electron chi connectivity index (χ2n) is 15.5. The number of ketones is 2. The van der Waals surface area contributed by atoms with Crippen molar-refractivity contribution in [1.82, 2.24) is 4.67 Å². The minimum absolute atomic E-state index is 0.162. The van der Waals surface area contributed by atoms with E-state index in [4.69, 9.17) is 23.3 Å². The van der Waals surface area contributed by atoms with Crippen LogP contribution in [0.25, 0.3) is 0 Å². The number of nitrogens with zero attached hydrogens (tertiary/aromatic N) is 2. The van der Waals surface area contributed by atoms with E-state index >= 15 is 0 Å². The number of methoxy groups -OCH3 is 2. The van der Waals surface area contributed by atoms with Gasteiger partial charge >= 0.3 is 0 Å². The number of nitrogens with one attached hydrogen (secondary N) is 2. The molecule has 0 heterocycles. The van der Waals surface area contributed by atoms with Gasteiger partial charge in [0.1, 0.15) is 23.2 Å². The van der Waals surface area contributed by atoms with Gasteiger partial charge in [-0.2, -0.15) is 5.26 Å². The Hall–Kier alpha value is -5.60. The zero-order chi connectivity index (χ0) is 44.2. The van der Waals surface area contributed by atoms with Crippen molar-refractivity contribution in [3.8, 4) is 17.6 Å². The molecule has 0 saturated carbocycles. The number of ether oxygens (including phenoxy) is 3. The SMILES string of the molecule is COc1ccc(C(OCCCNc2cccc3c2C(=O)c2c(NCCCOP(OC(C)C#N)N(C(C)C)C(C)C)cccc2C3=O)(c2ccccc2)c2ccc(OC)cc2)cc1. The lowest BCUT2D eigenvalue weighted by atomic mass is 9.80. The summed E-state index contributed by atoms with van der Waals surface area (Å²) in [7, 11) is 1.83. The minimum Gasteiger partial charge on any atom is -0.497 e. The minimum atomic E-state index is -1.46. The molecule has 6 rings (SSSR count). The first-order valence-electron chi connectivity index (χ1n) is 21.1. The van der Waals surface area contributed by atoms with Crippen LogP contribution in [0.3, 0.4) is 0 Å². The van der Waals surface area contributed by atoms with Crippen LogP contribution >= 0.6 is 8.53 Å². The molecule has 12 heteroatoms. The van der Waals surface area contributed by atoms with Crippen molar-refractivity contribution in [2.24, 2.45) is 0 Å². The number of hydrogen-bond acceptors (Lipinski definition) is 11. The molecular formula is C50H57N4O7P. The van der Waals surface area contributed by atoms with Crippen molar-refractivity contribution >= 4 is 31.5 Å². The number of carbonyl (C=O) groups excluding carboxylic acids is 2. The van der Waals surface area contributed by atoms with E-state index in [9.17, 15) is 14.9 Å². The molecule has 0 fully saturated rings. The highest BCUT2D eigenvalue weighted by Crippen LogP contribution is 2.47. The summed E-state index contributed by atoms with van der Waals surface area (Å²) in [6.07, 6.45) is 0.586. The molecular weight excluding hydrogens is 800 g/mol. The molecule has 62 heavy (non-hydrogen) atoms. The van der Waals surface area contributed by atoms with Gasteiger partial charge in [0, 0.05) is 47.7 Å². The van der Waals surface area contributed by atoms with E-state index in [1.165, 1.54) is 0 Å². The third-order valence-electron chi connectivity index (χ3n) is 10.7. The van der Waals surface area contributed by atoms with E-state index in [1.807, 2.05) is 78.9 Å². The van der Waals surface area contributed by atoms with E-state index < -0.39 is 20.2 Å². The van der Waals surface area contributed by atoms with Crippen LogP contribution in [0.2, 0.25) is 0 Å². The average Bonchev–Trinajstić information content (AvgIpc) is 3.29. The third-order valence-corrected chi connectivity index (χ3v) is 12.9. The van der Waals surface area contributed by atoms with Gasteiger partial charge in [-0.3, -0.25) is 9.59 Å². The summed E-state index contributed by atoms with van der Waals surface area (Å²) >= 11 is 0. The molecule has 0 spiro atoms. The van der Waals surface area contributed by atoms with Gasteiger partial charge in [0.25, 0.3) is 8.53 Å². The van der Waals surface area contributed by atoms with E-state index in [0.717, 1.165) is 28.2 Å². The highest BCUT2D eigenvalue weighted by molar-refractivity contribution is 7.44. The van der Waals surface area contributed by atoms with Gasteiger partial charge in [-0.15, -0.1) is 0 Å². The van der Waals surface area contributed by atoms with Crippen molar-refractivity contribution in [3.05, 3.63) is 154 Å². The second-order valence-corrected chi connectivity index (χ2v) is 16.9. The largest absolute Gasteiger partial charge is 0.497 e. The predicted octanol–water partition coefficient (Wildman–Crippen LogP) is 10.4. The molecule has 1 aliphatic rings. The van der Waals surface area contributed by atoms with Crippen molar-refractivity contribution in [3.63, 3.8) is 0 Å². The molecule has 5 aromatic carbocycles. The normalized spacial score (nSPS) is 13.4. The molecule has 0 aliphatic heterocycles. The van der Waals surface area contributed by atoms with Gasteiger partial charge in [-0.05, 0) is 101 Å². The topological polar surface area (TPSA) is 131 Å². The van der Waals surface area contributed by atoms with Crippen molar-refractivity contribution in [2.75, 3.05) is 51.2 Å². The predicted molar refractivity (Wildman–Crippen MR) is 245 cm³/mol. The van der Waals surface area contributed by atoms with Gasteiger partial charge in [0.2, 0.25) is 0 Å². The highest BCUT2D eigenvalue weighted by Gasteiger charge is 2.38. The maximum absolute atomic E-state index is 14.4. The summed E-state index contributed by atoms with van der Waals surface area (Å²) in [6.45, 7) is 11.7. The molecule has 0 aromatic heterocycles. The molecule has 0 radical (unpaired) electrons. The first kappa shape index (κ1) is 45.9. The molecule has 0 bridgehead atoms. The van der Waals surface area contributed by atoms with Gasteiger partial charge < -0.3 is 33.9 Å². The maximum Gasteiger partial charge on any atom is 0.260 e. The Bertz CT molecular complexity index is 2260. The van der Waals surface area contributed by atoms with Crippen LogP contribution in [0.1, 0.15) is 96.0 Å². The lowest BCUT2D eigenvalue weighted by Gasteiger charge is -2.36. The van der Waals surface area contributed by atoms with Gasteiger partial charge in [0.05, 0.1) is 44.6 Å². The van der Waals surface area contributed by atoms with Gasteiger partial charge in [-0.25, -0.2) is 4.67 Å². The van der Waals surface area contributed by atoms with Crippen LogP contribution in [-0.4, -0.2) is 74.9 Å². The van der Waals surface area contributed by atoms with Crippen molar-refractivity contribution in [1.29, 1.82) is 5.26 Å². The number of anilines is 2. The summed E-state index contributed by atoms with van der Waals surface area (Å²) in [5.41, 5.74) is 4.52. The molecule has 1 aliphatic carbocycles. The smallest absolute Gasteiger partial charge is 0.260 e. The Labute approximate surface area is 367 Å². The summed E-state index contributed by atoms with van der Waals surface area (Å²) in [5.74, 6) is 1.07. The molecule has 324 valence electrons. The Morgan fingerprint density at radius 3 is 1.58 bits per heavy atom. The zero-order valence-corrected chi connectivity index (χ0v) is 37.5. The number of benzene rings is 5. The standard InChI is InChI=1S/C50H57N4O7P/c1-34(2)54(35(3)4)62(61-36(5)33-51)60-32-14-30-53-45-20-12-18-43-47(45)49(56)46-42(48(43)55)17-11-19-44(46)52-29-13-31-59-50(37-15-9-8-10-16-37,38-21-25-40(57-6)26-22-38)39-23-27-41(58-7)28-24-39/h8-12,15-28,34-36,52-53H,13-14,29-32H2,1-7H3. The number of nitriles is 1.